The first kappa shape index (κ1) is 15.5. The van der Waals surface area contributed by atoms with Gasteiger partial charge in [0.25, 0.3) is 0 Å². The van der Waals surface area contributed by atoms with E-state index in [1.54, 1.807) is 0 Å². The Kier molecular flexibility index (Phi) is 6.40. The molecule has 1 atom stereocenters. The number of para-hydroxylation sites is 1. The minimum absolute atomic E-state index is 0.0986. The Morgan fingerprint density at radius 1 is 1.26 bits per heavy atom. The van der Waals surface area contributed by atoms with Gasteiger partial charge in [0.1, 0.15) is 0 Å². The third-order valence-corrected chi connectivity index (χ3v) is 3.36. The highest BCUT2D eigenvalue weighted by Gasteiger charge is 2.19. The van der Waals surface area contributed by atoms with E-state index in [1.807, 2.05) is 36.1 Å². The number of nitrogens with two attached hydrogens (primary N) is 1. The summed E-state index contributed by atoms with van der Waals surface area (Å²) in [6.45, 7) is 7.64. The lowest BCUT2D eigenvalue weighted by atomic mass is 10.0. The summed E-state index contributed by atoms with van der Waals surface area (Å²) < 4.78 is 0. The summed E-state index contributed by atoms with van der Waals surface area (Å²) in [6.07, 6.45) is 2.96. The Balaban J connectivity index is 2.78. The standard InChI is InChI=1S/C16H26N2O/c1-4-8-13(3)16(19)18(11-5-2)12-14-9-6-7-10-15(14)17/h6-7,9-10,13H,4-5,8,11-12,17H2,1-3H3. The minimum atomic E-state index is 0.0986. The molecule has 0 radical (unpaired) electrons. The van der Waals surface area contributed by atoms with E-state index in [2.05, 4.69) is 13.8 Å². The van der Waals surface area contributed by atoms with Crippen molar-refractivity contribution >= 4 is 11.6 Å². The Hall–Kier alpha value is -1.51. The van der Waals surface area contributed by atoms with Crippen molar-refractivity contribution in [3.63, 3.8) is 0 Å². The fourth-order valence-corrected chi connectivity index (χ4v) is 2.29. The lowest BCUT2D eigenvalue weighted by molar-refractivity contribution is -0.135. The zero-order valence-corrected chi connectivity index (χ0v) is 12.4. The highest BCUT2D eigenvalue weighted by molar-refractivity contribution is 5.78. The third kappa shape index (κ3) is 4.58. The van der Waals surface area contributed by atoms with Crippen LogP contribution in [-0.2, 0) is 11.3 Å². The van der Waals surface area contributed by atoms with Gasteiger partial charge < -0.3 is 10.6 Å². The van der Waals surface area contributed by atoms with Crippen LogP contribution in [0.3, 0.4) is 0 Å². The van der Waals surface area contributed by atoms with Gasteiger partial charge in [-0.15, -0.1) is 0 Å². The molecular weight excluding hydrogens is 236 g/mol. The summed E-state index contributed by atoms with van der Waals surface area (Å²) in [5.74, 6) is 0.341. The zero-order chi connectivity index (χ0) is 14.3. The summed E-state index contributed by atoms with van der Waals surface area (Å²) in [4.78, 5) is 14.4. The summed E-state index contributed by atoms with van der Waals surface area (Å²) in [5, 5.41) is 0. The molecule has 1 aromatic rings. The first-order valence-electron chi connectivity index (χ1n) is 7.22. The fourth-order valence-electron chi connectivity index (χ4n) is 2.29. The fraction of sp³-hybridized carbons (Fsp3) is 0.562. The van der Waals surface area contributed by atoms with E-state index < -0.39 is 0 Å². The van der Waals surface area contributed by atoms with Crippen LogP contribution in [0, 0.1) is 5.92 Å². The van der Waals surface area contributed by atoms with Crippen molar-refractivity contribution in [2.45, 2.75) is 46.6 Å². The van der Waals surface area contributed by atoms with Gasteiger partial charge >= 0.3 is 0 Å². The number of carbonyl (C=O) groups excluding carboxylic acids is 1. The van der Waals surface area contributed by atoms with Crippen molar-refractivity contribution < 1.29 is 4.79 Å². The predicted octanol–water partition coefficient (Wildman–Crippen LogP) is 3.44. The predicted molar refractivity (Wildman–Crippen MR) is 80.6 cm³/mol. The Labute approximate surface area is 116 Å². The topological polar surface area (TPSA) is 46.3 Å². The molecule has 1 aromatic carbocycles. The summed E-state index contributed by atoms with van der Waals surface area (Å²) in [7, 11) is 0. The van der Waals surface area contributed by atoms with Crippen molar-refractivity contribution in [1.29, 1.82) is 0 Å². The Bertz CT molecular complexity index is 403. The van der Waals surface area contributed by atoms with Gasteiger partial charge in [0.05, 0.1) is 0 Å². The second-order valence-corrected chi connectivity index (χ2v) is 5.15. The number of nitrogens with zero attached hydrogens (tertiary/aromatic N) is 1. The number of amides is 1. The number of hydrogen-bond acceptors (Lipinski definition) is 2. The number of rotatable bonds is 7. The van der Waals surface area contributed by atoms with Crippen LogP contribution in [0.5, 0.6) is 0 Å². The third-order valence-electron chi connectivity index (χ3n) is 3.36. The number of anilines is 1. The van der Waals surface area contributed by atoms with Crippen LogP contribution < -0.4 is 5.73 Å². The maximum absolute atomic E-state index is 12.4. The lowest BCUT2D eigenvalue weighted by Gasteiger charge is -2.26. The van der Waals surface area contributed by atoms with Crippen LogP contribution in [0.1, 0.15) is 45.6 Å². The molecule has 1 unspecified atom stereocenters. The van der Waals surface area contributed by atoms with Crippen molar-refractivity contribution in [2.75, 3.05) is 12.3 Å². The molecule has 3 heteroatoms. The van der Waals surface area contributed by atoms with E-state index >= 15 is 0 Å². The van der Waals surface area contributed by atoms with Crippen LogP contribution in [0.25, 0.3) is 0 Å². The lowest BCUT2D eigenvalue weighted by Crippen LogP contribution is -2.35. The van der Waals surface area contributed by atoms with Crippen LogP contribution >= 0.6 is 0 Å². The van der Waals surface area contributed by atoms with Gasteiger partial charge in [-0.25, -0.2) is 0 Å². The molecule has 0 saturated heterocycles. The van der Waals surface area contributed by atoms with Gasteiger partial charge in [-0.2, -0.15) is 0 Å². The molecule has 0 fully saturated rings. The van der Waals surface area contributed by atoms with Crippen LogP contribution in [0.2, 0.25) is 0 Å². The zero-order valence-electron chi connectivity index (χ0n) is 12.4. The molecule has 0 aromatic heterocycles. The highest BCUT2D eigenvalue weighted by Crippen LogP contribution is 2.17. The minimum Gasteiger partial charge on any atom is -0.398 e. The molecule has 0 spiro atoms. The van der Waals surface area contributed by atoms with Gasteiger partial charge in [0, 0.05) is 24.7 Å². The molecule has 0 saturated carbocycles. The van der Waals surface area contributed by atoms with E-state index in [0.717, 1.165) is 37.1 Å². The molecule has 1 rings (SSSR count). The number of benzene rings is 1. The van der Waals surface area contributed by atoms with Gasteiger partial charge in [0.15, 0.2) is 0 Å². The Morgan fingerprint density at radius 3 is 2.53 bits per heavy atom. The first-order valence-corrected chi connectivity index (χ1v) is 7.22. The first-order chi connectivity index (χ1) is 9.10. The average molecular weight is 262 g/mol. The van der Waals surface area contributed by atoms with E-state index in [-0.39, 0.29) is 11.8 Å². The maximum Gasteiger partial charge on any atom is 0.225 e. The van der Waals surface area contributed by atoms with Crippen molar-refractivity contribution in [2.24, 2.45) is 5.92 Å². The molecule has 106 valence electrons. The molecule has 0 aliphatic carbocycles. The van der Waals surface area contributed by atoms with E-state index in [9.17, 15) is 4.79 Å². The smallest absolute Gasteiger partial charge is 0.225 e. The van der Waals surface area contributed by atoms with Gasteiger partial charge in [0.2, 0.25) is 5.91 Å². The SMILES string of the molecule is CCCC(C)C(=O)N(CCC)Cc1ccccc1N. The number of carbonyl (C=O) groups is 1. The van der Waals surface area contributed by atoms with Gasteiger partial charge in [-0.05, 0) is 24.5 Å². The van der Waals surface area contributed by atoms with Gasteiger partial charge in [-0.1, -0.05) is 45.4 Å². The molecule has 0 aliphatic rings. The van der Waals surface area contributed by atoms with Gasteiger partial charge in [-0.3, -0.25) is 4.79 Å². The molecule has 0 bridgehead atoms. The Morgan fingerprint density at radius 2 is 1.95 bits per heavy atom. The quantitative estimate of drug-likeness (QED) is 0.765. The number of hydrogen-bond donors (Lipinski definition) is 1. The monoisotopic (exact) mass is 262 g/mol. The molecule has 19 heavy (non-hydrogen) atoms. The van der Waals surface area contributed by atoms with Crippen molar-refractivity contribution in [3.8, 4) is 0 Å². The van der Waals surface area contributed by atoms with Crippen LogP contribution in [-0.4, -0.2) is 17.4 Å². The molecule has 3 nitrogen and oxygen atoms in total. The molecule has 2 N–H and O–H groups in total. The molecule has 0 aliphatic heterocycles. The summed E-state index contributed by atoms with van der Waals surface area (Å²) in [5.41, 5.74) is 7.76. The van der Waals surface area contributed by atoms with Crippen LogP contribution in [0.4, 0.5) is 5.69 Å². The molecule has 0 heterocycles. The van der Waals surface area contributed by atoms with E-state index in [0.29, 0.717) is 6.54 Å². The van der Waals surface area contributed by atoms with E-state index in [4.69, 9.17) is 5.73 Å². The normalized spacial score (nSPS) is 12.2. The summed E-state index contributed by atoms with van der Waals surface area (Å²) >= 11 is 0. The second kappa shape index (κ2) is 7.82. The maximum atomic E-state index is 12.4. The second-order valence-electron chi connectivity index (χ2n) is 5.15. The summed E-state index contributed by atoms with van der Waals surface area (Å²) in [6, 6.07) is 7.77. The highest BCUT2D eigenvalue weighted by atomic mass is 16.2. The van der Waals surface area contributed by atoms with Crippen LogP contribution in [0.15, 0.2) is 24.3 Å². The van der Waals surface area contributed by atoms with Crippen molar-refractivity contribution in [1.82, 2.24) is 4.90 Å². The van der Waals surface area contributed by atoms with Crippen molar-refractivity contribution in [3.05, 3.63) is 29.8 Å². The largest absolute Gasteiger partial charge is 0.398 e. The average Bonchev–Trinajstić information content (AvgIpc) is 2.40. The number of nitrogen functional groups attached to an aromatic ring is 1. The molecule has 1 amide bonds. The molecular formula is C16H26N2O. The van der Waals surface area contributed by atoms with E-state index in [1.165, 1.54) is 0 Å².